The molecule has 1 aliphatic carbocycles. The first-order valence-electron chi connectivity index (χ1n) is 6.68. The molecule has 0 spiro atoms. The van der Waals surface area contributed by atoms with E-state index in [1.807, 2.05) is 13.0 Å². The van der Waals surface area contributed by atoms with Crippen molar-refractivity contribution in [3.8, 4) is 6.07 Å². The molecule has 0 aromatic carbocycles. The van der Waals surface area contributed by atoms with Gasteiger partial charge in [0.2, 0.25) is 0 Å². The van der Waals surface area contributed by atoms with Crippen molar-refractivity contribution >= 4 is 12.0 Å². The number of aliphatic carboxylic acids is 1. The molecule has 0 aromatic heterocycles. The van der Waals surface area contributed by atoms with Crippen LogP contribution in [0.1, 0.15) is 39.5 Å². The molecule has 2 amide bonds. The number of amides is 2. The van der Waals surface area contributed by atoms with Gasteiger partial charge in [-0.3, -0.25) is 0 Å². The molecule has 0 bridgehead atoms. The number of nitriles is 1. The molecule has 6 heteroatoms. The molecule has 19 heavy (non-hydrogen) atoms. The zero-order valence-electron chi connectivity index (χ0n) is 11.4. The van der Waals surface area contributed by atoms with Crippen molar-refractivity contribution < 1.29 is 14.7 Å². The van der Waals surface area contributed by atoms with Crippen molar-refractivity contribution in [1.82, 2.24) is 10.2 Å². The van der Waals surface area contributed by atoms with Crippen LogP contribution in [0.4, 0.5) is 4.79 Å². The molecule has 106 valence electrons. The molecular weight excluding hydrogens is 246 g/mol. The molecule has 2 atom stereocenters. The average Bonchev–Trinajstić information content (AvgIpc) is 3.19. The van der Waals surface area contributed by atoms with Gasteiger partial charge < -0.3 is 15.3 Å². The van der Waals surface area contributed by atoms with E-state index in [0.717, 1.165) is 12.8 Å². The number of carboxylic acid groups (broad SMARTS) is 1. The van der Waals surface area contributed by atoms with Gasteiger partial charge in [-0.2, -0.15) is 5.26 Å². The van der Waals surface area contributed by atoms with Gasteiger partial charge in [-0.05, 0) is 18.8 Å². The van der Waals surface area contributed by atoms with Crippen molar-refractivity contribution in [2.45, 2.75) is 51.6 Å². The van der Waals surface area contributed by atoms with E-state index in [-0.39, 0.29) is 24.4 Å². The van der Waals surface area contributed by atoms with Gasteiger partial charge in [-0.25, -0.2) is 9.59 Å². The summed E-state index contributed by atoms with van der Waals surface area (Å²) in [5.41, 5.74) is 0. The van der Waals surface area contributed by atoms with E-state index < -0.39 is 12.0 Å². The molecule has 0 aromatic rings. The first kappa shape index (κ1) is 15.3. The lowest BCUT2D eigenvalue weighted by molar-refractivity contribution is -0.140. The summed E-state index contributed by atoms with van der Waals surface area (Å²) in [6.07, 6.45) is 2.81. The third-order valence-electron chi connectivity index (χ3n) is 3.47. The molecule has 1 fully saturated rings. The minimum atomic E-state index is -1.02. The maximum atomic E-state index is 12.1. The molecule has 0 saturated heterocycles. The summed E-state index contributed by atoms with van der Waals surface area (Å²) in [5.74, 6) is -1.14. The van der Waals surface area contributed by atoms with Crippen molar-refractivity contribution in [2.24, 2.45) is 5.92 Å². The van der Waals surface area contributed by atoms with Gasteiger partial charge in [-0.1, -0.05) is 20.3 Å². The van der Waals surface area contributed by atoms with Crippen molar-refractivity contribution in [3.63, 3.8) is 0 Å². The van der Waals surface area contributed by atoms with Crippen LogP contribution in [-0.2, 0) is 4.79 Å². The Balaban J connectivity index is 2.63. The first-order valence-corrected chi connectivity index (χ1v) is 6.68. The number of hydrogen-bond donors (Lipinski definition) is 2. The summed E-state index contributed by atoms with van der Waals surface area (Å²) < 4.78 is 0. The second-order valence-electron chi connectivity index (χ2n) is 4.98. The van der Waals surface area contributed by atoms with E-state index >= 15 is 0 Å². The van der Waals surface area contributed by atoms with Gasteiger partial charge in [0.25, 0.3) is 0 Å². The number of rotatable bonds is 7. The van der Waals surface area contributed by atoms with Crippen molar-refractivity contribution in [3.05, 3.63) is 0 Å². The highest BCUT2D eigenvalue weighted by Crippen LogP contribution is 2.27. The van der Waals surface area contributed by atoms with Gasteiger partial charge in [-0.15, -0.1) is 0 Å². The summed E-state index contributed by atoms with van der Waals surface area (Å²) >= 11 is 0. The van der Waals surface area contributed by atoms with Gasteiger partial charge >= 0.3 is 12.0 Å². The minimum absolute atomic E-state index is 0.126. The molecule has 0 heterocycles. The summed E-state index contributed by atoms with van der Waals surface area (Å²) in [4.78, 5) is 24.9. The standard InChI is InChI=1S/C13H21N3O3/c1-3-9(2)11(12(17)18)15-13(19)16(8-4-7-14)10-5-6-10/h9-11H,3-6,8H2,1-2H3,(H,15,19)(H,17,18)/t9-,11-/m0/s1. The summed E-state index contributed by atoms with van der Waals surface area (Å²) in [5, 5.41) is 20.3. The Hall–Kier alpha value is -1.77. The largest absolute Gasteiger partial charge is 0.480 e. The molecule has 0 unspecified atom stereocenters. The van der Waals surface area contributed by atoms with Crippen LogP contribution in [0.15, 0.2) is 0 Å². The van der Waals surface area contributed by atoms with Crippen LogP contribution in [0.25, 0.3) is 0 Å². The zero-order valence-corrected chi connectivity index (χ0v) is 11.4. The number of nitrogens with zero attached hydrogens (tertiary/aromatic N) is 2. The molecule has 2 N–H and O–H groups in total. The second kappa shape index (κ2) is 6.98. The van der Waals surface area contributed by atoms with Gasteiger partial charge in [0.05, 0.1) is 12.5 Å². The monoisotopic (exact) mass is 267 g/mol. The fourth-order valence-corrected chi connectivity index (χ4v) is 1.91. The predicted octanol–water partition coefficient (Wildman–Crippen LogP) is 1.57. The van der Waals surface area contributed by atoms with Crippen LogP contribution in [0.5, 0.6) is 0 Å². The number of nitrogens with one attached hydrogen (secondary N) is 1. The van der Waals surface area contributed by atoms with Crippen LogP contribution in [-0.4, -0.2) is 40.6 Å². The predicted molar refractivity (Wildman–Crippen MR) is 69.4 cm³/mol. The smallest absolute Gasteiger partial charge is 0.326 e. The molecule has 0 aliphatic heterocycles. The van der Waals surface area contributed by atoms with Gasteiger partial charge in [0.1, 0.15) is 6.04 Å². The molecular formula is C13H21N3O3. The Morgan fingerprint density at radius 3 is 2.58 bits per heavy atom. The Bertz CT molecular complexity index is 374. The Kier molecular flexibility index (Phi) is 5.61. The zero-order chi connectivity index (χ0) is 14.4. The van der Waals surface area contributed by atoms with Gasteiger partial charge in [0, 0.05) is 12.6 Å². The summed E-state index contributed by atoms with van der Waals surface area (Å²) in [6.45, 7) is 4.05. The van der Waals surface area contributed by atoms with E-state index in [1.54, 1.807) is 11.8 Å². The highest BCUT2D eigenvalue weighted by atomic mass is 16.4. The van der Waals surface area contributed by atoms with Crippen LogP contribution in [0.2, 0.25) is 0 Å². The maximum Gasteiger partial charge on any atom is 0.326 e. The molecule has 1 aliphatic rings. The average molecular weight is 267 g/mol. The van der Waals surface area contributed by atoms with Gasteiger partial charge in [0.15, 0.2) is 0 Å². The normalized spacial score (nSPS) is 17.1. The maximum absolute atomic E-state index is 12.1. The highest BCUT2D eigenvalue weighted by molar-refractivity contribution is 5.83. The Labute approximate surface area is 113 Å². The SMILES string of the molecule is CC[C@H](C)[C@H](NC(=O)N(CCC#N)C1CC1)C(=O)O. The molecule has 0 radical (unpaired) electrons. The number of carbonyl (C=O) groups is 2. The van der Waals surface area contributed by atoms with Crippen molar-refractivity contribution in [2.75, 3.05) is 6.54 Å². The second-order valence-corrected chi connectivity index (χ2v) is 4.98. The van der Waals surface area contributed by atoms with Crippen LogP contribution >= 0.6 is 0 Å². The van der Waals surface area contributed by atoms with Crippen LogP contribution in [0, 0.1) is 17.2 Å². The van der Waals surface area contributed by atoms with Crippen LogP contribution in [0.3, 0.4) is 0 Å². The van der Waals surface area contributed by atoms with Crippen LogP contribution < -0.4 is 5.32 Å². The number of urea groups is 1. The first-order chi connectivity index (χ1) is 9.01. The van der Waals surface area contributed by atoms with E-state index in [2.05, 4.69) is 5.32 Å². The lowest BCUT2D eigenvalue weighted by Crippen LogP contribution is -2.51. The van der Waals surface area contributed by atoms with E-state index in [9.17, 15) is 9.59 Å². The third kappa shape index (κ3) is 4.43. The fraction of sp³-hybridized carbons (Fsp3) is 0.769. The third-order valence-corrected chi connectivity index (χ3v) is 3.47. The van der Waals surface area contributed by atoms with E-state index in [4.69, 9.17) is 10.4 Å². The highest BCUT2D eigenvalue weighted by Gasteiger charge is 2.34. The summed E-state index contributed by atoms with van der Waals surface area (Å²) in [7, 11) is 0. The fourth-order valence-electron chi connectivity index (χ4n) is 1.91. The lowest BCUT2D eigenvalue weighted by atomic mass is 9.99. The van der Waals surface area contributed by atoms with E-state index in [0.29, 0.717) is 13.0 Å². The molecule has 1 saturated carbocycles. The molecule has 1 rings (SSSR count). The van der Waals surface area contributed by atoms with E-state index in [1.165, 1.54) is 0 Å². The minimum Gasteiger partial charge on any atom is -0.480 e. The van der Waals surface area contributed by atoms with Crippen molar-refractivity contribution in [1.29, 1.82) is 5.26 Å². The quantitative estimate of drug-likeness (QED) is 0.732. The number of hydrogen-bond acceptors (Lipinski definition) is 3. The topological polar surface area (TPSA) is 93.4 Å². The number of carbonyl (C=O) groups excluding carboxylic acids is 1. The lowest BCUT2D eigenvalue weighted by Gasteiger charge is -2.26. The number of carboxylic acids is 1. The molecule has 6 nitrogen and oxygen atoms in total. The Morgan fingerprint density at radius 2 is 2.16 bits per heavy atom. The summed E-state index contributed by atoms with van der Waals surface area (Å²) in [6, 6.07) is 0.930. The Morgan fingerprint density at radius 1 is 1.53 bits per heavy atom.